The molecule has 0 saturated carbocycles. The summed E-state index contributed by atoms with van der Waals surface area (Å²) in [4.78, 5) is 1.03. The van der Waals surface area contributed by atoms with Crippen molar-refractivity contribution in [3.63, 3.8) is 0 Å². The van der Waals surface area contributed by atoms with Crippen molar-refractivity contribution in [2.24, 2.45) is 0 Å². The van der Waals surface area contributed by atoms with Gasteiger partial charge in [-0.05, 0) is 40.5 Å². The van der Waals surface area contributed by atoms with E-state index in [2.05, 4.69) is 37.9 Å². The Labute approximate surface area is 115 Å². The van der Waals surface area contributed by atoms with Crippen molar-refractivity contribution in [1.29, 1.82) is 0 Å². The molecule has 1 aromatic carbocycles. The highest BCUT2D eigenvalue weighted by Crippen LogP contribution is 2.39. The van der Waals surface area contributed by atoms with Gasteiger partial charge in [-0.15, -0.1) is 11.3 Å². The highest BCUT2D eigenvalue weighted by molar-refractivity contribution is 9.11. The van der Waals surface area contributed by atoms with Gasteiger partial charge in [0.25, 0.3) is 0 Å². The molecule has 1 heterocycles. The van der Waals surface area contributed by atoms with E-state index >= 15 is 0 Å². The molecule has 0 aliphatic heterocycles. The summed E-state index contributed by atoms with van der Waals surface area (Å²) in [5.74, 6) is -0.174. The van der Waals surface area contributed by atoms with Gasteiger partial charge in [0, 0.05) is 10.4 Å². The molecule has 1 unspecified atom stereocenters. The molecule has 1 aromatic heterocycles. The Hall–Kier alpha value is -0.190. The van der Waals surface area contributed by atoms with Crippen molar-refractivity contribution in [2.45, 2.75) is 11.8 Å². The van der Waals surface area contributed by atoms with Crippen molar-refractivity contribution >= 4 is 43.2 Å². The van der Waals surface area contributed by atoms with Gasteiger partial charge < -0.3 is 0 Å². The first-order chi connectivity index (χ1) is 7.59. The number of hydrogen-bond donors (Lipinski definition) is 0. The molecule has 16 heavy (non-hydrogen) atoms. The lowest BCUT2D eigenvalue weighted by Gasteiger charge is -2.08. The van der Waals surface area contributed by atoms with E-state index in [4.69, 9.17) is 0 Å². The fourth-order valence-electron chi connectivity index (χ4n) is 1.44. The van der Waals surface area contributed by atoms with Crippen LogP contribution >= 0.6 is 43.2 Å². The number of alkyl halides is 1. The van der Waals surface area contributed by atoms with Crippen LogP contribution in [0.5, 0.6) is 0 Å². The maximum atomic E-state index is 13.6. The van der Waals surface area contributed by atoms with Crippen molar-refractivity contribution in [3.05, 3.63) is 55.9 Å². The minimum Gasteiger partial charge on any atom is -0.207 e. The molecule has 0 spiro atoms. The Kier molecular flexibility index (Phi) is 3.82. The van der Waals surface area contributed by atoms with E-state index in [9.17, 15) is 4.39 Å². The number of halogens is 3. The van der Waals surface area contributed by atoms with E-state index in [-0.39, 0.29) is 10.6 Å². The molecule has 0 amide bonds. The highest BCUT2D eigenvalue weighted by Gasteiger charge is 2.17. The topological polar surface area (TPSA) is 0 Å². The average molecular weight is 364 g/mol. The monoisotopic (exact) mass is 362 g/mol. The zero-order valence-electron chi connectivity index (χ0n) is 8.51. The Morgan fingerprint density at radius 2 is 2.00 bits per heavy atom. The van der Waals surface area contributed by atoms with E-state index < -0.39 is 0 Å². The summed E-state index contributed by atoms with van der Waals surface area (Å²) in [5, 5.41) is 0. The highest BCUT2D eigenvalue weighted by atomic mass is 79.9. The number of aryl methyl sites for hydroxylation is 1. The van der Waals surface area contributed by atoms with Crippen LogP contribution in [0.4, 0.5) is 4.39 Å². The van der Waals surface area contributed by atoms with Crippen molar-refractivity contribution in [3.8, 4) is 0 Å². The summed E-state index contributed by atoms with van der Waals surface area (Å²) in [6.45, 7) is 2.03. The SMILES string of the molecule is Cc1cc(C(Br)c2ccccc2F)sc1Br. The van der Waals surface area contributed by atoms with Crippen LogP contribution in [0.25, 0.3) is 0 Å². The zero-order chi connectivity index (χ0) is 11.7. The molecule has 0 N–H and O–H groups in total. The van der Waals surface area contributed by atoms with Gasteiger partial charge in [-0.2, -0.15) is 0 Å². The van der Waals surface area contributed by atoms with Gasteiger partial charge in [-0.3, -0.25) is 0 Å². The molecule has 4 heteroatoms. The third-order valence-electron chi connectivity index (χ3n) is 2.30. The first-order valence-corrected chi connectivity index (χ1v) is 7.26. The van der Waals surface area contributed by atoms with E-state index in [1.54, 1.807) is 23.5 Å². The van der Waals surface area contributed by atoms with Gasteiger partial charge in [0.1, 0.15) is 5.82 Å². The smallest absolute Gasteiger partial charge is 0.127 e. The molecule has 2 aromatic rings. The Bertz CT molecular complexity index is 488. The maximum absolute atomic E-state index is 13.6. The summed E-state index contributed by atoms with van der Waals surface area (Å²) in [6.07, 6.45) is 0. The first kappa shape index (κ1) is 12.3. The molecule has 0 radical (unpaired) electrons. The molecule has 84 valence electrons. The predicted molar refractivity (Wildman–Crippen MR) is 73.9 cm³/mol. The van der Waals surface area contributed by atoms with Crippen molar-refractivity contribution in [1.82, 2.24) is 0 Å². The van der Waals surface area contributed by atoms with Crippen LogP contribution in [-0.4, -0.2) is 0 Å². The fraction of sp³-hybridized carbons (Fsp3) is 0.167. The summed E-state index contributed by atoms with van der Waals surface area (Å²) in [6, 6.07) is 8.91. The third kappa shape index (κ3) is 2.39. The van der Waals surface area contributed by atoms with E-state index in [1.807, 2.05) is 13.0 Å². The normalized spacial score (nSPS) is 12.8. The molecule has 0 aliphatic carbocycles. The lowest BCUT2D eigenvalue weighted by atomic mass is 10.1. The van der Waals surface area contributed by atoms with Gasteiger partial charge in [0.15, 0.2) is 0 Å². The molecule has 0 saturated heterocycles. The van der Waals surface area contributed by atoms with Gasteiger partial charge >= 0.3 is 0 Å². The second kappa shape index (κ2) is 4.98. The fourth-order valence-corrected chi connectivity index (χ4v) is 3.79. The average Bonchev–Trinajstić information content (AvgIpc) is 2.59. The van der Waals surface area contributed by atoms with Crippen LogP contribution in [0.1, 0.15) is 20.8 Å². The van der Waals surface area contributed by atoms with Gasteiger partial charge in [-0.25, -0.2) is 4.39 Å². The molecule has 2 rings (SSSR count). The van der Waals surface area contributed by atoms with Crippen LogP contribution < -0.4 is 0 Å². The quantitative estimate of drug-likeness (QED) is 0.623. The van der Waals surface area contributed by atoms with E-state index in [0.717, 1.165) is 8.66 Å². The standard InChI is InChI=1S/C12H9Br2FS/c1-7-6-10(16-12(7)14)11(13)8-4-2-3-5-9(8)15/h2-6,11H,1H3. The lowest BCUT2D eigenvalue weighted by molar-refractivity contribution is 0.614. The summed E-state index contributed by atoms with van der Waals surface area (Å²) in [7, 11) is 0. The van der Waals surface area contributed by atoms with Gasteiger partial charge in [-0.1, -0.05) is 34.1 Å². The molecular weight excluding hydrogens is 355 g/mol. The van der Waals surface area contributed by atoms with Crippen LogP contribution in [0.2, 0.25) is 0 Å². The Morgan fingerprint density at radius 3 is 2.56 bits per heavy atom. The van der Waals surface area contributed by atoms with Gasteiger partial charge in [0.05, 0.1) is 8.61 Å². The molecule has 0 fully saturated rings. The zero-order valence-corrected chi connectivity index (χ0v) is 12.5. The van der Waals surface area contributed by atoms with Gasteiger partial charge in [0.2, 0.25) is 0 Å². The Morgan fingerprint density at radius 1 is 1.31 bits per heavy atom. The maximum Gasteiger partial charge on any atom is 0.127 e. The Balaban J connectivity index is 2.39. The summed E-state index contributed by atoms with van der Waals surface area (Å²) in [5.41, 5.74) is 1.86. The lowest BCUT2D eigenvalue weighted by Crippen LogP contribution is -1.93. The van der Waals surface area contributed by atoms with Crippen LogP contribution in [0.3, 0.4) is 0 Å². The second-order valence-electron chi connectivity index (χ2n) is 3.49. The molecule has 0 nitrogen and oxygen atoms in total. The molecule has 1 atom stereocenters. The molecule has 0 aliphatic rings. The first-order valence-electron chi connectivity index (χ1n) is 4.74. The summed E-state index contributed by atoms with van der Waals surface area (Å²) >= 11 is 8.65. The minimum absolute atomic E-state index is 0.0799. The van der Waals surface area contributed by atoms with E-state index in [0.29, 0.717) is 5.56 Å². The summed E-state index contributed by atoms with van der Waals surface area (Å²) < 4.78 is 14.7. The number of thiophene rings is 1. The molecular formula is C12H9Br2FS. The van der Waals surface area contributed by atoms with Crippen LogP contribution in [0.15, 0.2) is 34.1 Å². The number of benzene rings is 1. The second-order valence-corrected chi connectivity index (χ2v) is 6.81. The predicted octanol–water partition coefficient (Wildman–Crippen LogP) is 5.44. The van der Waals surface area contributed by atoms with Crippen molar-refractivity contribution in [2.75, 3.05) is 0 Å². The number of hydrogen-bond acceptors (Lipinski definition) is 1. The third-order valence-corrected chi connectivity index (χ3v) is 5.80. The van der Waals surface area contributed by atoms with Crippen LogP contribution in [-0.2, 0) is 0 Å². The number of rotatable bonds is 2. The van der Waals surface area contributed by atoms with E-state index in [1.165, 1.54) is 11.6 Å². The largest absolute Gasteiger partial charge is 0.207 e. The molecule has 0 bridgehead atoms. The van der Waals surface area contributed by atoms with Crippen molar-refractivity contribution < 1.29 is 4.39 Å². The van der Waals surface area contributed by atoms with Crippen LogP contribution in [0, 0.1) is 12.7 Å². The minimum atomic E-state index is -0.174.